The maximum absolute atomic E-state index is 12.6. The van der Waals surface area contributed by atoms with Crippen LogP contribution >= 0.6 is 0 Å². The number of sulfonamides is 1. The van der Waals surface area contributed by atoms with Crippen LogP contribution in [0.3, 0.4) is 0 Å². The molecule has 9 heteroatoms. The van der Waals surface area contributed by atoms with Crippen LogP contribution in [-0.2, 0) is 14.8 Å². The third-order valence-corrected chi connectivity index (χ3v) is 5.79. The average Bonchev–Trinajstić information content (AvgIpc) is 3.34. The summed E-state index contributed by atoms with van der Waals surface area (Å²) < 4.78 is 42.2. The molecule has 1 aliphatic rings. The molecule has 1 saturated heterocycles. The van der Waals surface area contributed by atoms with Crippen LogP contribution in [0.2, 0.25) is 0 Å². The first-order valence-electron chi connectivity index (χ1n) is 7.70. The van der Waals surface area contributed by atoms with Gasteiger partial charge in [-0.2, -0.15) is 9.29 Å². The molecule has 1 fully saturated rings. The minimum Gasteiger partial charge on any atom is -0.459 e. The van der Waals surface area contributed by atoms with E-state index in [2.05, 4.69) is 10.1 Å². The van der Waals surface area contributed by atoms with Crippen molar-refractivity contribution in [3.63, 3.8) is 0 Å². The van der Waals surface area contributed by atoms with E-state index in [1.807, 2.05) is 0 Å². The highest BCUT2D eigenvalue weighted by atomic mass is 32.2. The van der Waals surface area contributed by atoms with Gasteiger partial charge in [0, 0.05) is 18.7 Å². The summed E-state index contributed by atoms with van der Waals surface area (Å²) in [5.41, 5.74) is 0.655. The molecule has 0 N–H and O–H groups in total. The monoisotopic (exact) mass is 361 g/mol. The van der Waals surface area contributed by atoms with Crippen molar-refractivity contribution >= 4 is 10.0 Å². The van der Waals surface area contributed by atoms with Crippen LogP contribution in [0.4, 0.5) is 0 Å². The molecule has 3 aromatic rings. The number of hydrogen-bond acceptors (Lipinski definition) is 7. The Labute approximate surface area is 144 Å². The molecule has 130 valence electrons. The van der Waals surface area contributed by atoms with Crippen molar-refractivity contribution in [2.24, 2.45) is 0 Å². The first-order valence-corrected chi connectivity index (χ1v) is 9.14. The lowest BCUT2D eigenvalue weighted by molar-refractivity contribution is 0.0730. The number of aromatic nitrogens is 2. The fraction of sp³-hybridized carbons (Fsp3) is 0.250. The van der Waals surface area contributed by atoms with Crippen molar-refractivity contribution in [1.82, 2.24) is 14.4 Å². The molecule has 1 aliphatic heterocycles. The van der Waals surface area contributed by atoms with Gasteiger partial charge in [0.05, 0.1) is 24.4 Å². The molecule has 25 heavy (non-hydrogen) atoms. The van der Waals surface area contributed by atoms with Crippen molar-refractivity contribution in [2.45, 2.75) is 4.90 Å². The number of hydrogen-bond donors (Lipinski definition) is 0. The fourth-order valence-electron chi connectivity index (χ4n) is 2.55. The quantitative estimate of drug-likeness (QED) is 0.701. The Bertz CT molecular complexity index is 942. The van der Waals surface area contributed by atoms with E-state index in [-0.39, 0.29) is 10.8 Å². The molecule has 0 amide bonds. The van der Waals surface area contributed by atoms with E-state index in [1.54, 1.807) is 36.4 Å². The van der Waals surface area contributed by atoms with Gasteiger partial charge in [-0.25, -0.2) is 8.42 Å². The zero-order chi connectivity index (χ0) is 17.3. The normalized spacial score (nSPS) is 16.2. The molecule has 0 spiro atoms. The molecule has 0 radical (unpaired) electrons. The summed E-state index contributed by atoms with van der Waals surface area (Å²) in [5, 5.41) is 3.90. The van der Waals surface area contributed by atoms with Crippen molar-refractivity contribution in [2.75, 3.05) is 26.3 Å². The standard InChI is InChI=1S/C16H15N3O5S/c20-25(21,19-7-10-22-11-8-19)13-5-3-12(4-6-13)15-17-16(24-18-15)14-2-1-9-23-14/h1-6,9H,7-8,10-11H2. The van der Waals surface area contributed by atoms with E-state index in [9.17, 15) is 8.42 Å². The molecule has 3 heterocycles. The van der Waals surface area contributed by atoms with Gasteiger partial charge >= 0.3 is 0 Å². The van der Waals surface area contributed by atoms with E-state index in [0.717, 1.165) is 0 Å². The van der Waals surface area contributed by atoms with E-state index in [1.165, 1.54) is 10.6 Å². The van der Waals surface area contributed by atoms with Crippen LogP contribution in [0.15, 0.2) is 56.5 Å². The second kappa shape index (κ2) is 6.43. The number of nitrogens with zero attached hydrogens (tertiary/aromatic N) is 3. The number of ether oxygens (including phenoxy) is 1. The smallest absolute Gasteiger partial charge is 0.293 e. The van der Waals surface area contributed by atoms with E-state index < -0.39 is 10.0 Å². The Morgan fingerprint density at radius 1 is 1.04 bits per heavy atom. The molecule has 0 atom stereocenters. The second-order valence-electron chi connectivity index (χ2n) is 5.44. The maximum atomic E-state index is 12.6. The van der Waals surface area contributed by atoms with E-state index >= 15 is 0 Å². The first kappa shape index (κ1) is 16.0. The first-order chi connectivity index (χ1) is 12.1. The lowest BCUT2D eigenvalue weighted by Gasteiger charge is -2.26. The highest BCUT2D eigenvalue weighted by Crippen LogP contribution is 2.24. The van der Waals surface area contributed by atoms with Crippen LogP contribution in [0, 0.1) is 0 Å². The number of benzene rings is 1. The molecule has 0 aliphatic carbocycles. The fourth-order valence-corrected chi connectivity index (χ4v) is 3.96. The van der Waals surface area contributed by atoms with Crippen molar-refractivity contribution in [3.8, 4) is 23.0 Å². The molecule has 8 nitrogen and oxygen atoms in total. The minimum atomic E-state index is -3.52. The van der Waals surface area contributed by atoms with Crippen LogP contribution in [0.5, 0.6) is 0 Å². The third-order valence-electron chi connectivity index (χ3n) is 3.88. The highest BCUT2D eigenvalue weighted by Gasteiger charge is 2.26. The maximum Gasteiger partial charge on any atom is 0.293 e. The van der Waals surface area contributed by atoms with Gasteiger partial charge < -0.3 is 13.7 Å². The topological polar surface area (TPSA) is 98.7 Å². The Kier molecular flexibility index (Phi) is 4.12. The Morgan fingerprint density at radius 3 is 2.48 bits per heavy atom. The van der Waals surface area contributed by atoms with Crippen LogP contribution in [-0.4, -0.2) is 49.2 Å². The van der Waals surface area contributed by atoms with Crippen molar-refractivity contribution < 1.29 is 22.1 Å². The second-order valence-corrected chi connectivity index (χ2v) is 7.38. The molecule has 0 unspecified atom stereocenters. The highest BCUT2D eigenvalue weighted by molar-refractivity contribution is 7.89. The van der Waals surface area contributed by atoms with Crippen LogP contribution < -0.4 is 0 Å². The molecule has 0 bridgehead atoms. The Hall–Kier alpha value is -2.49. The summed E-state index contributed by atoms with van der Waals surface area (Å²) in [6.45, 7) is 1.55. The largest absolute Gasteiger partial charge is 0.459 e. The summed E-state index contributed by atoms with van der Waals surface area (Å²) in [6, 6.07) is 9.85. The van der Waals surface area contributed by atoms with Gasteiger partial charge in [0.2, 0.25) is 15.8 Å². The summed E-state index contributed by atoms with van der Waals surface area (Å²) in [6.07, 6.45) is 1.52. The van der Waals surface area contributed by atoms with Gasteiger partial charge in [-0.3, -0.25) is 0 Å². The third kappa shape index (κ3) is 3.09. The van der Waals surface area contributed by atoms with Gasteiger partial charge in [-0.05, 0) is 36.4 Å². The van der Waals surface area contributed by atoms with Crippen LogP contribution in [0.1, 0.15) is 0 Å². The number of furan rings is 1. The lowest BCUT2D eigenvalue weighted by Crippen LogP contribution is -2.40. The van der Waals surface area contributed by atoms with Crippen molar-refractivity contribution in [3.05, 3.63) is 42.7 Å². The van der Waals surface area contributed by atoms with Gasteiger partial charge in [0.1, 0.15) is 0 Å². The zero-order valence-corrected chi connectivity index (χ0v) is 14.0. The molecular formula is C16H15N3O5S. The van der Waals surface area contributed by atoms with Gasteiger partial charge in [0.25, 0.3) is 5.89 Å². The Balaban J connectivity index is 1.58. The molecule has 0 saturated carbocycles. The minimum absolute atomic E-state index is 0.230. The van der Waals surface area contributed by atoms with Crippen LogP contribution in [0.25, 0.3) is 23.0 Å². The molecule has 1 aromatic carbocycles. The lowest BCUT2D eigenvalue weighted by atomic mass is 10.2. The predicted molar refractivity (Wildman–Crippen MR) is 87.0 cm³/mol. The van der Waals surface area contributed by atoms with Gasteiger partial charge in [-0.15, -0.1) is 0 Å². The van der Waals surface area contributed by atoms with Gasteiger partial charge in [0.15, 0.2) is 5.76 Å². The Morgan fingerprint density at radius 2 is 1.80 bits per heavy atom. The molecule has 4 rings (SSSR count). The SMILES string of the molecule is O=S(=O)(c1ccc(-c2noc(-c3ccco3)n2)cc1)N1CCOCC1. The molecule has 2 aromatic heterocycles. The summed E-state index contributed by atoms with van der Waals surface area (Å²) in [4.78, 5) is 4.49. The summed E-state index contributed by atoms with van der Waals surface area (Å²) in [7, 11) is -3.52. The predicted octanol–water partition coefficient (Wildman–Crippen LogP) is 2.02. The summed E-state index contributed by atoms with van der Waals surface area (Å²) in [5.74, 6) is 1.11. The molecular weight excluding hydrogens is 346 g/mol. The number of rotatable bonds is 4. The zero-order valence-electron chi connectivity index (χ0n) is 13.2. The summed E-state index contributed by atoms with van der Waals surface area (Å²) >= 11 is 0. The van der Waals surface area contributed by atoms with E-state index in [4.69, 9.17) is 13.7 Å². The average molecular weight is 361 g/mol. The van der Waals surface area contributed by atoms with Crippen molar-refractivity contribution in [1.29, 1.82) is 0 Å². The van der Waals surface area contributed by atoms with Gasteiger partial charge in [-0.1, -0.05) is 5.16 Å². The van der Waals surface area contributed by atoms with E-state index in [0.29, 0.717) is 43.5 Å². The number of morpholine rings is 1.